The molecule has 0 atom stereocenters. The topological polar surface area (TPSA) is 56.7 Å². The van der Waals surface area contributed by atoms with Crippen LogP contribution >= 0.6 is 24.0 Å². The summed E-state index contributed by atoms with van der Waals surface area (Å²) in [5, 5.41) is 5.92. The summed E-state index contributed by atoms with van der Waals surface area (Å²) < 4.78 is 13.3. The van der Waals surface area contributed by atoms with Crippen molar-refractivity contribution in [1.29, 1.82) is 0 Å². The lowest BCUT2D eigenvalue weighted by Crippen LogP contribution is -2.39. The molecule has 2 rings (SSSR count). The number of hydrogen-bond acceptors (Lipinski definition) is 2. The zero-order valence-electron chi connectivity index (χ0n) is 15.8. The van der Waals surface area contributed by atoms with E-state index in [2.05, 4.69) is 15.6 Å². The van der Waals surface area contributed by atoms with Crippen molar-refractivity contribution in [3.8, 4) is 0 Å². The highest BCUT2D eigenvalue weighted by molar-refractivity contribution is 14.0. The minimum absolute atomic E-state index is 0. The predicted molar refractivity (Wildman–Crippen MR) is 118 cm³/mol. The number of hydrogen-bond donors (Lipinski definition) is 2. The molecule has 0 aliphatic carbocycles. The first-order chi connectivity index (χ1) is 12.5. The van der Waals surface area contributed by atoms with Gasteiger partial charge in [0.1, 0.15) is 5.82 Å². The molecular formula is C20H26FIN4O. The van der Waals surface area contributed by atoms with Crippen LogP contribution in [-0.2, 0) is 13.0 Å². The molecule has 0 aromatic heterocycles. The number of nitrogens with zero attached hydrogens (tertiary/aromatic N) is 2. The molecule has 1 amide bonds. The van der Waals surface area contributed by atoms with Gasteiger partial charge in [-0.3, -0.25) is 9.79 Å². The monoisotopic (exact) mass is 484 g/mol. The predicted octanol–water partition coefficient (Wildman–Crippen LogP) is 3.05. The van der Waals surface area contributed by atoms with E-state index in [1.807, 2.05) is 36.2 Å². The van der Waals surface area contributed by atoms with Crippen LogP contribution in [0, 0.1) is 5.82 Å². The fraction of sp³-hybridized carbons (Fsp3) is 0.300. The summed E-state index contributed by atoms with van der Waals surface area (Å²) in [7, 11) is 5.25. The molecule has 0 radical (unpaired) electrons. The molecule has 0 saturated heterocycles. The second kappa shape index (κ2) is 11.5. The van der Waals surface area contributed by atoms with Crippen molar-refractivity contribution in [2.75, 3.05) is 27.7 Å². The highest BCUT2D eigenvalue weighted by Crippen LogP contribution is 2.07. The maximum Gasteiger partial charge on any atom is 0.251 e. The van der Waals surface area contributed by atoms with Crippen molar-refractivity contribution in [3.63, 3.8) is 0 Å². The number of nitrogens with one attached hydrogen (secondary N) is 2. The fourth-order valence-electron chi connectivity index (χ4n) is 2.70. The molecule has 0 saturated carbocycles. The lowest BCUT2D eigenvalue weighted by molar-refractivity contribution is 0.0963. The van der Waals surface area contributed by atoms with Crippen LogP contribution in [0.15, 0.2) is 53.5 Å². The standard InChI is InChI=1S/C20H25FN4O.HI/c1-22-19(26)17-8-4-6-15(12-17)10-11-24-20(23-2)25(3)14-16-7-5-9-18(21)13-16;/h4-9,12-13H,10-11,14H2,1-3H3,(H,22,26)(H,23,24);1H. The second-order valence-electron chi connectivity index (χ2n) is 5.99. The summed E-state index contributed by atoms with van der Waals surface area (Å²) in [6.45, 7) is 1.24. The minimum atomic E-state index is -0.241. The number of halogens is 2. The number of benzene rings is 2. The Bertz CT molecular complexity index is 782. The zero-order valence-corrected chi connectivity index (χ0v) is 18.2. The van der Waals surface area contributed by atoms with Crippen molar-refractivity contribution in [2.45, 2.75) is 13.0 Å². The maximum atomic E-state index is 13.3. The first kappa shape index (κ1) is 22.9. The summed E-state index contributed by atoms with van der Waals surface area (Å²) in [6.07, 6.45) is 0.762. The Kier molecular flexibility index (Phi) is 9.77. The van der Waals surface area contributed by atoms with Crippen LogP contribution in [0.25, 0.3) is 0 Å². The number of rotatable bonds is 6. The Morgan fingerprint density at radius 2 is 1.85 bits per heavy atom. The molecule has 2 aromatic rings. The summed E-state index contributed by atoms with van der Waals surface area (Å²) in [5.41, 5.74) is 2.60. The number of aliphatic imine (C=N–C) groups is 1. The summed E-state index contributed by atoms with van der Waals surface area (Å²) in [6, 6.07) is 14.1. The number of amides is 1. The molecule has 5 nitrogen and oxygen atoms in total. The Morgan fingerprint density at radius 3 is 2.52 bits per heavy atom. The molecule has 2 aromatic carbocycles. The maximum absolute atomic E-state index is 13.3. The summed E-state index contributed by atoms with van der Waals surface area (Å²) >= 11 is 0. The van der Waals surface area contributed by atoms with E-state index >= 15 is 0 Å². The van der Waals surface area contributed by atoms with Crippen LogP contribution in [0.4, 0.5) is 4.39 Å². The van der Waals surface area contributed by atoms with Gasteiger partial charge in [-0.1, -0.05) is 24.3 Å². The number of carbonyl (C=O) groups is 1. The van der Waals surface area contributed by atoms with Gasteiger partial charge in [0.15, 0.2) is 5.96 Å². The van der Waals surface area contributed by atoms with E-state index < -0.39 is 0 Å². The van der Waals surface area contributed by atoms with Gasteiger partial charge < -0.3 is 15.5 Å². The lowest BCUT2D eigenvalue weighted by atomic mass is 10.1. The Hall–Kier alpha value is -2.16. The van der Waals surface area contributed by atoms with E-state index in [1.165, 1.54) is 12.1 Å². The van der Waals surface area contributed by atoms with Crippen molar-refractivity contribution < 1.29 is 9.18 Å². The van der Waals surface area contributed by atoms with Gasteiger partial charge in [0.05, 0.1) is 0 Å². The van der Waals surface area contributed by atoms with Crippen molar-refractivity contribution >= 4 is 35.8 Å². The van der Waals surface area contributed by atoms with Gasteiger partial charge >= 0.3 is 0 Å². The molecule has 146 valence electrons. The van der Waals surface area contributed by atoms with Gasteiger partial charge in [0.2, 0.25) is 0 Å². The molecule has 7 heteroatoms. The molecule has 27 heavy (non-hydrogen) atoms. The van der Waals surface area contributed by atoms with Crippen LogP contribution in [0.3, 0.4) is 0 Å². The van der Waals surface area contributed by atoms with Gasteiger partial charge in [0.25, 0.3) is 5.91 Å². The van der Waals surface area contributed by atoms with Gasteiger partial charge in [-0.25, -0.2) is 4.39 Å². The quantitative estimate of drug-likeness (QED) is 0.377. The first-order valence-corrected chi connectivity index (χ1v) is 8.50. The van der Waals surface area contributed by atoms with Crippen LogP contribution in [0.2, 0.25) is 0 Å². The molecule has 0 unspecified atom stereocenters. The number of guanidine groups is 1. The van der Waals surface area contributed by atoms with E-state index in [0.717, 1.165) is 23.5 Å². The van der Waals surface area contributed by atoms with Gasteiger partial charge in [-0.2, -0.15) is 0 Å². The van der Waals surface area contributed by atoms with Gasteiger partial charge in [-0.15, -0.1) is 24.0 Å². The normalized spacial score (nSPS) is 10.7. The molecular weight excluding hydrogens is 458 g/mol. The van der Waals surface area contributed by atoms with E-state index in [-0.39, 0.29) is 35.7 Å². The fourth-order valence-corrected chi connectivity index (χ4v) is 2.70. The van der Waals surface area contributed by atoms with Crippen molar-refractivity contribution in [3.05, 3.63) is 71.0 Å². The molecule has 0 bridgehead atoms. The number of carbonyl (C=O) groups excluding carboxylic acids is 1. The van der Waals surface area contributed by atoms with Crippen LogP contribution in [-0.4, -0.2) is 44.5 Å². The van der Waals surface area contributed by atoms with Gasteiger partial charge in [-0.05, 0) is 41.8 Å². The highest BCUT2D eigenvalue weighted by Gasteiger charge is 2.08. The largest absolute Gasteiger partial charge is 0.356 e. The van der Waals surface area contributed by atoms with E-state index in [0.29, 0.717) is 18.7 Å². The smallest absolute Gasteiger partial charge is 0.251 e. The Morgan fingerprint density at radius 1 is 1.15 bits per heavy atom. The second-order valence-corrected chi connectivity index (χ2v) is 5.99. The van der Waals surface area contributed by atoms with Crippen molar-refractivity contribution in [2.24, 2.45) is 4.99 Å². The van der Waals surface area contributed by atoms with E-state index in [1.54, 1.807) is 26.2 Å². The Labute approximate surface area is 177 Å². The average Bonchev–Trinajstić information content (AvgIpc) is 2.64. The van der Waals surface area contributed by atoms with Gasteiger partial charge in [0, 0.05) is 39.8 Å². The SMILES string of the molecule is CN=C(NCCc1cccc(C(=O)NC)c1)N(C)Cc1cccc(F)c1.I. The molecule has 0 heterocycles. The molecule has 0 fully saturated rings. The Balaban J connectivity index is 0.00000364. The van der Waals surface area contributed by atoms with Crippen LogP contribution < -0.4 is 10.6 Å². The molecule has 0 spiro atoms. The van der Waals surface area contributed by atoms with E-state index in [9.17, 15) is 9.18 Å². The third-order valence-electron chi connectivity index (χ3n) is 4.00. The lowest BCUT2D eigenvalue weighted by Gasteiger charge is -2.22. The van der Waals surface area contributed by atoms with E-state index in [4.69, 9.17) is 0 Å². The zero-order chi connectivity index (χ0) is 18.9. The highest BCUT2D eigenvalue weighted by atomic mass is 127. The summed E-state index contributed by atoms with van der Waals surface area (Å²) in [5.74, 6) is 0.400. The van der Waals surface area contributed by atoms with Crippen molar-refractivity contribution in [1.82, 2.24) is 15.5 Å². The molecule has 0 aliphatic heterocycles. The third kappa shape index (κ3) is 7.16. The third-order valence-corrected chi connectivity index (χ3v) is 4.00. The molecule has 2 N–H and O–H groups in total. The van der Waals surface area contributed by atoms with Crippen LogP contribution in [0.5, 0.6) is 0 Å². The summed E-state index contributed by atoms with van der Waals surface area (Å²) in [4.78, 5) is 17.9. The first-order valence-electron chi connectivity index (χ1n) is 8.50. The molecule has 0 aliphatic rings. The minimum Gasteiger partial charge on any atom is -0.356 e. The average molecular weight is 484 g/mol. The van der Waals surface area contributed by atoms with Crippen LogP contribution in [0.1, 0.15) is 21.5 Å².